The molecular weight excluding hydrogens is 596 g/mol. The molecular formula is C43H27FN2S. The molecule has 2 aromatic heterocycles. The van der Waals surface area contributed by atoms with Gasteiger partial charge in [0.25, 0.3) is 0 Å². The third-order valence-electron chi connectivity index (χ3n) is 8.91. The van der Waals surface area contributed by atoms with Gasteiger partial charge in [-0.15, -0.1) is 11.3 Å². The fourth-order valence-corrected chi connectivity index (χ4v) is 7.97. The number of rotatable bonds is 5. The van der Waals surface area contributed by atoms with Gasteiger partial charge in [0.15, 0.2) is 0 Å². The smallest absolute Gasteiger partial charge is 0.147 e. The van der Waals surface area contributed by atoms with Crippen LogP contribution in [0.5, 0.6) is 0 Å². The fourth-order valence-electron chi connectivity index (χ4n) is 6.72. The van der Waals surface area contributed by atoms with E-state index in [0.29, 0.717) is 0 Å². The molecule has 0 saturated heterocycles. The Bertz CT molecular complexity index is 2510. The van der Waals surface area contributed by atoms with Gasteiger partial charge in [-0.1, -0.05) is 127 Å². The van der Waals surface area contributed by atoms with Gasteiger partial charge in [0.2, 0.25) is 0 Å². The van der Waals surface area contributed by atoms with Gasteiger partial charge in [-0.3, -0.25) is 4.57 Å². The molecule has 0 saturated carbocycles. The zero-order valence-corrected chi connectivity index (χ0v) is 26.1. The average Bonchev–Trinajstić information content (AvgIpc) is 3.70. The van der Waals surface area contributed by atoms with Crippen LogP contribution in [0.4, 0.5) is 4.39 Å². The zero-order valence-electron chi connectivity index (χ0n) is 25.3. The number of nitrogens with zero attached hydrogens (tertiary/aromatic N) is 2. The molecule has 9 rings (SSSR count). The Balaban J connectivity index is 1.34. The van der Waals surface area contributed by atoms with Crippen molar-refractivity contribution in [3.05, 3.63) is 170 Å². The molecule has 0 unspecified atom stereocenters. The molecule has 0 fully saturated rings. The second kappa shape index (κ2) is 11.2. The molecule has 0 bridgehead atoms. The van der Waals surface area contributed by atoms with E-state index in [1.165, 1.54) is 32.3 Å². The first kappa shape index (κ1) is 27.5. The lowest BCUT2D eigenvalue weighted by Gasteiger charge is -2.20. The Morgan fingerprint density at radius 3 is 1.83 bits per heavy atom. The van der Waals surface area contributed by atoms with Crippen LogP contribution in [-0.4, -0.2) is 9.55 Å². The third kappa shape index (κ3) is 4.65. The first-order chi connectivity index (χ1) is 23.2. The number of fused-ring (bicyclic) bond motifs is 4. The second-order valence-corrected chi connectivity index (χ2v) is 12.7. The Hall–Kier alpha value is -5.84. The summed E-state index contributed by atoms with van der Waals surface area (Å²) >= 11 is 1.78. The normalized spacial score (nSPS) is 11.5. The number of thiophene rings is 1. The van der Waals surface area contributed by atoms with Crippen LogP contribution < -0.4 is 0 Å². The Kier molecular flexibility index (Phi) is 6.54. The van der Waals surface area contributed by atoms with Crippen molar-refractivity contribution in [1.82, 2.24) is 9.55 Å². The maximum absolute atomic E-state index is 13.7. The average molecular weight is 623 g/mol. The summed E-state index contributed by atoms with van der Waals surface area (Å²) in [6.45, 7) is 0. The summed E-state index contributed by atoms with van der Waals surface area (Å²) in [4.78, 5) is 5.36. The van der Waals surface area contributed by atoms with Crippen molar-refractivity contribution in [3.63, 3.8) is 0 Å². The summed E-state index contributed by atoms with van der Waals surface area (Å²) in [6.07, 6.45) is 0. The van der Waals surface area contributed by atoms with Crippen molar-refractivity contribution >= 4 is 42.5 Å². The summed E-state index contributed by atoms with van der Waals surface area (Å²) in [5.74, 6) is 0.677. The van der Waals surface area contributed by atoms with E-state index in [1.807, 2.05) is 12.1 Å². The standard InChI is InChI=1S/C43H27FN2S/c44-32-24-21-28(22-25-32)31-23-26-35-36-17-10-18-37(42(36)47-40(35)27-31)43-45-38-19-7-8-20-39(38)46(43)41-33(29-11-3-1-4-12-29)15-9-16-34(41)30-13-5-2-6-14-30/h1-27H. The number of aromatic nitrogens is 2. The highest BCUT2D eigenvalue weighted by atomic mass is 32.1. The topological polar surface area (TPSA) is 17.8 Å². The molecule has 2 heterocycles. The van der Waals surface area contributed by atoms with E-state index >= 15 is 0 Å². The molecule has 0 aliphatic carbocycles. The molecule has 0 aliphatic rings. The summed E-state index contributed by atoms with van der Waals surface area (Å²) in [7, 11) is 0. The molecule has 0 N–H and O–H groups in total. The monoisotopic (exact) mass is 622 g/mol. The lowest BCUT2D eigenvalue weighted by Crippen LogP contribution is -2.03. The quantitative estimate of drug-likeness (QED) is 0.187. The minimum Gasteiger partial charge on any atom is -0.291 e. The minimum atomic E-state index is -0.228. The van der Waals surface area contributed by atoms with Crippen LogP contribution in [-0.2, 0) is 0 Å². The Morgan fingerprint density at radius 2 is 1.11 bits per heavy atom. The van der Waals surface area contributed by atoms with Crippen LogP contribution >= 0.6 is 11.3 Å². The molecule has 0 aliphatic heterocycles. The highest BCUT2D eigenvalue weighted by Crippen LogP contribution is 2.45. The molecule has 7 aromatic carbocycles. The molecule has 222 valence electrons. The van der Waals surface area contributed by atoms with Crippen molar-refractivity contribution in [3.8, 4) is 50.5 Å². The largest absolute Gasteiger partial charge is 0.291 e. The third-order valence-corrected chi connectivity index (χ3v) is 10.1. The number of imidazole rings is 1. The predicted molar refractivity (Wildman–Crippen MR) is 196 cm³/mol. The van der Waals surface area contributed by atoms with Crippen molar-refractivity contribution in [2.75, 3.05) is 0 Å². The van der Waals surface area contributed by atoms with E-state index in [0.717, 1.165) is 61.5 Å². The molecule has 9 aromatic rings. The van der Waals surface area contributed by atoms with Gasteiger partial charge < -0.3 is 0 Å². The van der Waals surface area contributed by atoms with Gasteiger partial charge in [0, 0.05) is 36.9 Å². The van der Waals surface area contributed by atoms with Gasteiger partial charge in [-0.05, 0) is 58.7 Å². The summed E-state index contributed by atoms with van der Waals surface area (Å²) in [6, 6.07) is 56.0. The maximum atomic E-state index is 13.7. The summed E-state index contributed by atoms with van der Waals surface area (Å²) in [5, 5.41) is 2.40. The highest BCUT2D eigenvalue weighted by molar-refractivity contribution is 7.26. The SMILES string of the molecule is Fc1ccc(-c2ccc3c(c2)sc2c(-c4nc5ccccc5n4-c4c(-c5ccccc5)cccc4-c4ccccc4)cccc23)cc1. The number of para-hydroxylation sites is 3. The summed E-state index contributed by atoms with van der Waals surface area (Å²) < 4.78 is 18.4. The van der Waals surface area contributed by atoms with Crippen LogP contribution in [0.15, 0.2) is 164 Å². The first-order valence-corrected chi connectivity index (χ1v) is 16.5. The van der Waals surface area contributed by atoms with Crippen molar-refractivity contribution in [1.29, 1.82) is 0 Å². The first-order valence-electron chi connectivity index (χ1n) is 15.7. The molecule has 4 heteroatoms. The number of hydrogen-bond acceptors (Lipinski definition) is 2. The van der Waals surface area contributed by atoms with E-state index < -0.39 is 0 Å². The van der Waals surface area contributed by atoms with Crippen LogP contribution in [0.1, 0.15) is 0 Å². The molecule has 0 amide bonds. The lowest BCUT2D eigenvalue weighted by atomic mass is 9.95. The van der Waals surface area contributed by atoms with Crippen LogP contribution in [0.25, 0.3) is 81.7 Å². The van der Waals surface area contributed by atoms with E-state index in [9.17, 15) is 4.39 Å². The van der Waals surface area contributed by atoms with E-state index in [1.54, 1.807) is 11.3 Å². The van der Waals surface area contributed by atoms with E-state index in [4.69, 9.17) is 4.98 Å². The number of hydrogen-bond donors (Lipinski definition) is 0. The molecule has 0 radical (unpaired) electrons. The van der Waals surface area contributed by atoms with Crippen LogP contribution in [0.3, 0.4) is 0 Å². The van der Waals surface area contributed by atoms with Gasteiger partial charge in [-0.2, -0.15) is 0 Å². The van der Waals surface area contributed by atoms with Gasteiger partial charge in [0.05, 0.1) is 16.7 Å². The zero-order chi connectivity index (χ0) is 31.3. The summed E-state index contributed by atoms with van der Waals surface area (Å²) in [5.41, 5.74) is 10.8. The minimum absolute atomic E-state index is 0.228. The van der Waals surface area contributed by atoms with Gasteiger partial charge >= 0.3 is 0 Å². The van der Waals surface area contributed by atoms with E-state index in [2.05, 4.69) is 144 Å². The number of benzene rings is 7. The lowest BCUT2D eigenvalue weighted by molar-refractivity contribution is 0.628. The second-order valence-electron chi connectivity index (χ2n) is 11.7. The van der Waals surface area contributed by atoms with Crippen LogP contribution in [0.2, 0.25) is 0 Å². The Morgan fingerprint density at radius 1 is 0.489 bits per heavy atom. The van der Waals surface area contributed by atoms with Gasteiger partial charge in [-0.25, -0.2) is 9.37 Å². The van der Waals surface area contributed by atoms with Crippen LogP contribution in [0, 0.1) is 5.82 Å². The number of halogens is 1. The molecule has 2 nitrogen and oxygen atoms in total. The van der Waals surface area contributed by atoms with Crippen molar-refractivity contribution in [2.24, 2.45) is 0 Å². The molecule has 47 heavy (non-hydrogen) atoms. The predicted octanol–water partition coefficient (Wildman–Crippen LogP) is 12.2. The Labute approximate surface area is 275 Å². The fraction of sp³-hybridized carbons (Fsp3) is 0. The van der Waals surface area contributed by atoms with E-state index in [-0.39, 0.29) is 5.82 Å². The molecule has 0 atom stereocenters. The van der Waals surface area contributed by atoms with Gasteiger partial charge in [0.1, 0.15) is 11.6 Å². The highest BCUT2D eigenvalue weighted by Gasteiger charge is 2.23. The van der Waals surface area contributed by atoms with Crippen molar-refractivity contribution < 1.29 is 4.39 Å². The van der Waals surface area contributed by atoms with Crippen molar-refractivity contribution in [2.45, 2.75) is 0 Å². The molecule has 0 spiro atoms. The maximum Gasteiger partial charge on any atom is 0.147 e.